The van der Waals surface area contributed by atoms with E-state index in [1.54, 1.807) is 0 Å². The second kappa shape index (κ2) is 3.77. The Balaban J connectivity index is 2.35. The van der Waals surface area contributed by atoms with Crippen LogP contribution in [0.4, 0.5) is 0 Å². The molecule has 3 rings (SSSR count). The molecular formula is C16H15N. The summed E-state index contributed by atoms with van der Waals surface area (Å²) < 4.78 is 0. The Bertz CT molecular complexity index is 663. The van der Waals surface area contributed by atoms with Crippen LogP contribution in [0.1, 0.15) is 11.3 Å². The van der Waals surface area contributed by atoms with Gasteiger partial charge in [0, 0.05) is 16.6 Å². The Morgan fingerprint density at radius 1 is 0.824 bits per heavy atom. The van der Waals surface area contributed by atoms with Crippen LogP contribution in [-0.4, -0.2) is 4.98 Å². The molecule has 1 heterocycles. The first-order valence-electron chi connectivity index (χ1n) is 5.90. The predicted octanol–water partition coefficient (Wildman–Crippen LogP) is 4.45. The Morgan fingerprint density at radius 2 is 1.59 bits per heavy atom. The van der Waals surface area contributed by atoms with Gasteiger partial charge >= 0.3 is 0 Å². The number of aromatic amines is 1. The first-order chi connectivity index (χ1) is 8.27. The molecule has 1 aromatic heterocycles. The average Bonchev–Trinajstić information content (AvgIpc) is 2.67. The SMILES string of the molecule is Cc1[nH]c2c(-c3ccccc3)cccc2c1C. The Hall–Kier alpha value is -2.02. The van der Waals surface area contributed by atoms with Gasteiger partial charge in [-0.25, -0.2) is 0 Å². The van der Waals surface area contributed by atoms with Crippen LogP contribution < -0.4 is 0 Å². The average molecular weight is 221 g/mol. The number of rotatable bonds is 1. The van der Waals surface area contributed by atoms with Crippen molar-refractivity contribution in [1.29, 1.82) is 0 Å². The lowest BCUT2D eigenvalue weighted by molar-refractivity contribution is 1.25. The fraction of sp³-hybridized carbons (Fsp3) is 0.125. The number of hydrogen-bond acceptors (Lipinski definition) is 0. The molecule has 0 saturated heterocycles. The van der Waals surface area contributed by atoms with Crippen LogP contribution in [-0.2, 0) is 0 Å². The van der Waals surface area contributed by atoms with E-state index in [-0.39, 0.29) is 0 Å². The highest BCUT2D eigenvalue weighted by Gasteiger charge is 2.08. The predicted molar refractivity (Wildman–Crippen MR) is 73.2 cm³/mol. The van der Waals surface area contributed by atoms with E-state index in [0.29, 0.717) is 0 Å². The zero-order valence-corrected chi connectivity index (χ0v) is 10.1. The molecule has 84 valence electrons. The first kappa shape index (κ1) is 10.2. The molecule has 1 nitrogen and oxygen atoms in total. The summed E-state index contributed by atoms with van der Waals surface area (Å²) >= 11 is 0. The highest BCUT2D eigenvalue weighted by molar-refractivity contribution is 5.96. The second-order valence-electron chi connectivity index (χ2n) is 4.47. The normalized spacial score (nSPS) is 10.9. The number of hydrogen-bond donors (Lipinski definition) is 1. The summed E-state index contributed by atoms with van der Waals surface area (Å²) in [5.41, 5.74) is 6.38. The second-order valence-corrected chi connectivity index (χ2v) is 4.47. The van der Waals surface area contributed by atoms with E-state index in [4.69, 9.17) is 0 Å². The molecule has 0 bridgehead atoms. The molecule has 0 saturated carbocycles. The maximum Gasteiger partial charge on any atom is 0.0538 e. The van der Waals surface area contributed by atoms with E-state index in [0.717, 1.165) is 0 Å². The van der Waals surface area contributed by atoms with Crippen LogP contribution >= 0.6 is 0 Å². The molecule has 2 aromatic carbocycles. The van der Waals surface area contributed by atoms with Crippen LogP contribution in [0.25, 0.3) is 22.0 Å². The Morgan fingerprint density at radius 3 is 2.35 bits per heavy atom. The van der Waals surface area contributed by atoms with Crippen molar-refractivity contribution in [2.24, 2.45) is 0 Å². The molecule has 0 amide bonds. The van der Waals surface area contributed by atoms with Crippen molar-refractivity contribution in [1.82, 2.24) is 4.98 Å². The third-order valence-corrected chi connectivity index (χ3v) is 3.43. The van der Waals surface area contributed by atoms with Gasteiger partial charge in [-0.1, -0.05) is 48.5 Å². The van der Waals surface area contributed by atoms with E-state index in [9.17, 15) is 0 Å². The summed E-state index contributed by atoms with van der Waals surface area (Å²) in [6, 6.07) is 17.0. The quantitative estimate of drug-likeness (QED) is 0.624. The highest BCUT2D eigenvalue weighted by atomic mass is 14.7. The molecular weight excluding hydrogens is 206 g/mol. The summed E-state index contributed by atoms with van der Waals surface area (Å²) in [7, 11) is 0. The largest absolute Gasteiger partial charge is 0.358 e. The molecule has 0 fully saturated rings. The van der Waals surface area contributed by atoms with Crippen molar-refractivity contribution < 1.29 is 0 Å². The summed E-state index contributed by atoms with van der Waals surface area (Å²) in [4.78, 5) is 3.49. The number of H-pyrrole nitrogens is 1. The van der Waals surface area contributed by atoms with E-state index in [2.05, 4.69) is 67.4 Å². The van der Waals surface area contributed by atoms with Gasteiger partial charge in [0.05, 0.1) is 5.52 Å². The monoisotopic (exact) mass is 221 g/mol. The van der Waals surface area contributed by atoms with Crippen LogP contribution in [0.15, 0.2) is 48.5 Å². The molecule has 0 unspecified atom stereocenters. The van der Waals surface area contributed by atoms with Gasteiger partial charge in [0.15, 0.2) is 0 Å². The van der Waals surface area contributed by atoms with Gasteiger partial charge in [-0.3, -0.25) is 0 Å². The van der Waals surface area contributed by atoms with Crippen molar-refractivity contribution in [2.75, 3.05) is 0 Å². The summed E-state index contributed by atoms with van der Waals surface area (Å²) in [5, 5.41) is 1.32. The summed E-state index contributed by atoms with van der Waals surface area (Å²) in [6.45, 7) is 4.30. The Labute approximate surface area is 101 Å². The maximum absolute atomic E-state index is 3.49. The van der Waals surface area contributed by atoms with E-state index < -0.39 is 0 Å². The van der Waals surface area contributed by atoms with Gasteiger partial charge in [0.1, 0.15) is 0 Å². The molecule has 0 atom stereocenters. The number of nitrogens with one attached hydrogen (secondary N) is 1. The minimum absolute atomic E-state index is 1.24. The highest BCUT2D eigenvalue weighted by Crippen LogP contribution is 2.30. The molecule has 0 spiro atoms. The third-order valence-electron chi connectivity index (χ3n) is 3.43. The van der Waals surface area contributed by atoms with Crippen molar-refractivity contribution in [3.05, 3.63) is 59.8 Å². The lowest BCUT2D eigenvalue weighted by Gasteiger charge is -2.03. The Kier molecular flexibility index (Phi) is 2.25. The molecule has 1 N–H and O–H groups in total. The molecule has 1 heteroatoms. The number of fused-ring (bicyclic) bond motifs is 1. The van der Waals surface area contributed by atoms with Crippen LogP contribution in [0.3, 0.4) is 0 Å². The molecule has 0 aliphatic rings. The zero-order valence-electron chi connectivity index (χ0n) is 10.1. The number of aromatic nitrogens is 1. The van der Waals surface area contributed by atoms with Crippen LogP contribution in [0, 0.1) is 13.8 Å². The van der Waals surface area contributed by atoms with Crippen LogP contribution in [0.2, 0.25) is 0 Å². The summed E-state index contributed by atoms with van der Waals surface area (Å²) in [6.07, 6.45) is 0. The van der Waals surface area contributed by atoms with Gasteiger partial charge in [-0.05, 0) is 25.0 Å². The number of para-hydroxylation sites is 1. The maximum atomic E-state index is 3.49. The standard InChI is InChI=1S/C16H15N/c1-11-12(2)17-16-14(11)9-6-10-15(16)13-7-4-3-5-8-13/h3-10,17H,1-2H3. The van der Waals surface area contributed by atoms with Crippen molar-refractivity contribution in [3.63, 3.8) is 0 Å². The first-order valence-corrected chi connectivity index (χ1v) is 5.90. The summed E-state index contributed by atoms with van der Waals surface area (Å²) in [5.74, 6) is 0. The van der Waals surface area contributed by atoms with E-state index in [1.807, 2.05) is 0 Å². The van der Waals surface area contributed by atoms with Gasteiger partial charge in [-0.15, -0.1) is 0 Å². The lowest BCUT2D eigenvalue weighted by Crippen LogP contribution is -1.79. The van der Waals surface area contributed by atoms with Gasteiger partial charge in [-0.2, -0.15) is 0 Å². The van der Waals surface area contributed by atoms with E-state index >= 15 is 0 Å². The van der Waals surface area contributed by atoms with Gasteiger partial charge in [0.25, 0.3) is 0 Å². The smallest absolute Gasteiger partial charge is 0.0538 e. The fourth-order valence-electron chi connectivity index (χ4n) is 2.34. The zero-order chi connectivity index (χ0) is 11.8. The van der Waals surface area contributed by atoms with Gasteiger partial charge < -0.3 is 4.98 Å². The third kappa shape index (κ3) is 1.55. The fourth-order valence-corrected chi connectivity index (χ4v) is 2.34. The lowest BCUT2D eigenvalue weighted by atomic mass is 10.0. The minimum Gasteiger partial charge on any atom is -0.358 e. The van der Waals surface area contributed by atoms with Crippen molar-refractivity contribution in [2.45, 2.75) is 13.8 Å². The number of benzene rings is 2. The molecule has 3 aromatic rings. The molecule has 17 heavy (non-hydrogen) atoms. The molecule has 0 aliphatic heterocycles. The van der Waals surface area contributed by atoms with Crippen molar-refractivity contribution >= 4 is 10.9 Å². The minimum atomic E-state index is 1.24. The number of aryl methyl sites for hydroxylation is 2. The van der Waals surface area contributed by atoms with Crippen LogP contribution in [0.5, 0.6) is 0 Å². The van der Waals surface area contributed by atoms with Gasteiger partial charge in [0.2, 0.25) is 0 Å². The van der Waals surface area contributed by atoms with Crippen molar-refractivity contribution in [3.8, 4) is 11.1 Å². The van der Waals surface area contributed by atoms with E-state index in [1.165, 1.54) is 33.3 Å². The molecule has 0 aliphatic carbocycles. The topological polar surface area (TPSA) is 15.8 Å². The molecule has 0 radical (unpaired) electrons.